The van der Waals surface area contributed by atoms with Crippen LogP contribution < -0.4 is 9.62 Å². The molecular formula is C27H24F3N5O3S2. The topological polar surface area (TPSA) is 95.5 Å². The Hall–Kier alpha value is -3.97. The molecule has 0 radical (unpaired) electrons. The van der Waals surface area contributed by atoms with Gasteiger partial charge in [0, 0.05) is 49.5 Å². The van der Waals surface area contributed by atoms with Gasteiger partial charge in [0.15, 0.2) is 5.13 Å². The van der Waals surface area contributed by atoms with Gasteiger partial charge in [-0.25, -0.2) is 13.4 Å². The van der Waals surface area contributed by atoms with Crippen LogP contribution in [0.3, 0.4) is 0 Å². The van der Waals surface area contributed by atoms with E-state index in [2.05, 4.69) is 15.8 Å². The number of amides is 1. The van der Waals surface area contributed by atoms with Crippen molar-refractivity contribution in [2.24, 2.45) is 0 Å². The minimum absolute atomic E-state index is 0.176. The molecule has 1 aliphatic rings. The number of nitrogens with one attached hydrogen (secondary N) is 1. The van der Waals surface area contributed by atoms with Gasteiger partial charge in [-0.05, 0) is 43.3 Å². The fourth-order valence-electron chi connectivity index (χ4n) is 4.32. The Morgan fingerprint density at radius 1 is 1.02 bits per heavy atom. The predicted molar refractivity (Wildman–Crippen MR) is 147 cm³/mol. The van der Waals surface area contributed by atoms with Gasteiger partial charge in [0.2, 0.25) is 0 Å². The first kappa shape index (κ1) is 27.6. The third kappa shape index (κ3) is 5.94. The monoisotopic (exact) mass is 587 g/mol. The molecule has 0 aliphatic carbocycles. The van der Waals surface area contributed by atoms with Crippen molar-refractivity contribution in [3.8, 4) is 11.3 Å². The zero-order chi connectivity index (χ0) is 28.5. The van der Waals surface area contributed by atoms with Gasteiger partial charge in [0.05, 0.1) is 22.5 Å². The number of anilines is 2. The van der Waals surface area contributed by atoms with Gasteiger partial charge >= 0.3 is 6.18 Å². The highest BCUT2D eigenvalue weighted by Gasteiger charge is 2.33. The molecule has 2 aromatic carbocycles. The molecule has 1 fully saturated rings. The van der Waals surface area contributed by atoms with E-state index in [0.29, 0.717) is 19.2 Å². The van der Waals surface area contributed by atoms with Crippen LogP contribution in [0.15, 0.2) is 77.3 Å². The Balaban J connectivity index is 1.34. The Morgan fingerprint density at radius 2 is 1.80 bits per heavy atom. The second kappa shape index (κ2) is 10.9. The first-order chi connectivity index (χ1) is 19.0. The average molecular weight is 588 g/mol. The van der Waals surface area contributed by atoms with Crippen LogP contribution in [0.5, 0.6) is 0 Å². The van der Waals surface area contributed by atoms with E-state index in [1.165, 1.54) is 34.6 Å². The fraction of sp³-hybridized carbons (Fsp3) is 0.222. The molecule has 0 bridgehead atoms. The quantitative estimate of drug-likeness (QED) is 0.329. The van der Waals surface area contributed by atoms with Crippen molar-refractivity contribution in [1.82, 2.24) is 14.9 Å². The molecular weight excluding hydrogens is 563 g/mol. The summed E-state index contributed by atoms with van der Waals surface area (Å²) in [7, 11) is -4.30. The van der Waals surface area contributed by atoms with Gasteiger partial charge in [0.1, 0.15) is 4.90 Å². The number of aryl methyl sites for hydroxylation is 1. The molecule has 5 rings (SSSR count). The maximum atomic E-state index is 13.5. The third-order valence-corrected chi connectivity index (χ3v) is 8.66. The summed E-state index contributed by atoms with van der Waals surface area (Å²) in [4.78, 5) is 25.2. The molecule has 208 valence electrons. The van der Waals surface area contributed by atoms with E-state index in [-0.39, 0.29) is 23.5 Å². The van der Waals surface area contributed by atoms with Crippen LogP contribution in [-0.4, -0.2) is 55.4 Å². The van der Waals surface area contributed by atoms with E-state index in [4.69, 9.17) is 4.98 Å². The Morgan fingerprint density at radius 3 is 2.48 bits per heavy atom. The van der Waals surface area contributed by atoms with Crippen LogP contribution in [-0.2, 0) is 16.2 Å². The first-order valence-corrected chi connectivity index (χ1v) is 14.6. The predicted octanol–water partition coefficient (Wildman–Crippen LogP) is 5.30. The number of carbonyl (C=O) groups is 1. The van der Waals surface area contributed by atoms with Crippen LogP contribution in [0.2, 0.25) is 0 Å². The average Bonchev–Trinajstić information content (AvgIpc) is 3.43. The largest absolute Gasteiger partial charge is 0.416 e. The molecule has 13 heteroatoms. The van der Waals surface area contributed by atoms with Crippen molar-refractivity contribution >= 4 is 38.1 Å². The molecule has 4 aromatic rings. The summed E-state index contributed by atoms with van der Waals surface area (Å²) < 4.78 is 68.2. The zero-order valence-corrected chi connectivity index (χ0v) is 22.9. The highest BCUT2D eigenvalue weighted by molar-refractivity contribution is 7.92. The van der Waals surface area contributed by atoms with Crippen molar-refractivity contribution in [3.05, 3.63) is 89.1 Å². The van der Waals surface area contributed by atoms with E-state index >= 15 is 0 Å². The van der Waals surface area contributed by atoms with Gasteiger partial charge in [-0.2, -0.15) is 13.2 Å². The van der Waals surface area contributed by atoms with Crippen LogP contribution in [0, 0.1) is 6.92 Å². The lowest BCUT2D eigenvalue weighted by Crippen LogP contribution is -2.49. The van der Waals surface area contributed by atoms with Crippen LogP contribution in [0.4, 0.5) is 24.0 Å². The number of halogens is 3. The number of benzene rings is 2. The molecule has 1 saturated heterocycles. The normalized spacial score (nSPS) is 14.3. The van der Waals surface area contributed by atoms with Gasteiger partial charge < -0.3 is 9.80 Å². The summed E-state index contributed by atoms with van der Waals surface area (Å²) in [6, 6.07) is 13.1. The minimum Gasteiger partial charge on any atom is -0.345 e. The molecule has 2 aromatic heterocycles. The summed E-state index contributed by atoms with van der Waals surface area (Å²) in [6.07, 6.45) is -2.29. The summed E-state index contributed by atoms with van der Waals surface area (Å²) in [5.74, 6) is -0.572. The molecule has 1 aliphatic heterocycles. The van der Waals surface area contributed by atoms with E-state index in [1.54, 1.807) is 0 Å². The van der Waals surface area contributed by atoms with Crippen molar-refractivity contribution in [2.45, 2.75) is 18.0 Å². The number of nitrogens with zero attached hydrogens (tertiary/aromatic N) is 4. The number of alkyl halides is 3. The van der Waals surface area contributed by atoms with E-state index in [1.807, 2.05) is 35.4 Å². The van der Waals surface area contributed by atoms with Gasteiger partial charge in [0.25, 0.3) is 15.9 Å². The lowest BCUT2D eigenvalue weighted by molar-refractivity contribution is -0.137. The Kier molecular flexibility index (Phi) is 7.51. The zero-order valence-electron chi connectivity index (χ0n) is 21.2. The van der Waals surface area contributed by atoms with Gasteiger partial charge in [-0.1, -0.05) is 23.8 Å². The molecule has 40 heavy (non-hydrogen) atoms. The minimum atomic E-state index is -4.73. The lowest BCUT2D eigenvalue weighted by atomic mass is 10.1. The highest BCUT2D eigenvalue weighted by atomic mass is 32.2. The Bertz CT molecular complexity index is 1630. The molecule has 1 amide bonds. The summed E-state index contributed by atoms with van der Waals surface area (Å²) in [6.45, 7) is 3.51. The number of carbonyl (C=O) groups excluding carboxylic acids is 1. The molecule has 0 saturated carbocycles. The molecule has 0 atom stereocenters. The number of piperazine rings is 1. The Labute approximate surface area is 233 Å². The second-order valence-corrected chi connectivity index (χ2v) is 11.7. The van der Waals surface area contributed by atoms with Crippen LogP contribution in [0.25, 0.3) is 11.3 Å². The third-order valence-electron chi connectivity index (χ3n) is 6.41. The van der Waals surface area contributed by atoms with Gasteiger partial charge in [-0.3, -0.25) is 14.5 Å². The number of hydrogen-bond donors (Lipinski definition) is 1. The molecule has 0 spiro atoms. The molecule has 0 unspecified atom stereocenters. The summed E-state index contributed by atoms with van der Waals surface area (Å²) in [5, 5.41) is 2.79. The second-order valence-electron chi connectivity index (χ2n) is 9.22. The summed E-state index contributed by atoms with van der Waals surface area (Å²) >= 11 is 1.50. The van der Waals surface area contributed by atoms with Crippen molar-refractivity contribution in [3.63, 3.8) is 0 Å². The van der Waals surface area contributed by atoms with Crippen LogP contribution >= 0.6 is 11.3 Å². The SMILES string of the molecule is Cc1cccc(-c2csc(N3CCN(C(=O)c4ccc(C(F)(F)F)cc4NS(=O)(=O)c4cccnc4)CC3)n2)c1. The highest BCUT2D eigenvalue weighted by Crippen LogP contribution is 2.34. The van der Waals surface area contributed by atoms with E-state index < -0.39 is 33.4 Å². The first-order valence-electron chi connectivity index (χ1n) is 12.2. The lowest BCUT2D eigenvalue weighted by Gasteiger charge is -2.35. The standard InChI is InChI=1S/C27H24F3N5O3S2/c1-18-4-2-5-19(14-18)24-17-39-26(32-24)35-12-10-34(11-13-35)25(36)22-8-7-20(27(28,29)30)15-23(22)33-40(37,38)21-6-3-9-31-16-21/h2-9,14-17,33H,10-13H2,1H3. The maximum Gasteiger partial charge on any atom is 0.416 e. The van der Waals surface area contributed by atoms with Crippen molar-refractivity contribution in [1.29, 1.82) is 0 Å². The number of pyridine rings is 1. The number of aromatic nitrogens is 2. The fourth-order valence-corrected chi connectivity index (χ4v) is 6.24. The maximum absolute atomic E-state index is 13.5. The van der Waals surface area contributed by atoms with Crippen LogP contribution in [0.1, 0.15) is 21.5 Å². The number of sulfonamides is 1. The molecule has 3 heterocycles. The smallest absolute Gasteiger partial charge is 0.345 e. The van der Waals surface area contributed by atoms with Crippen molar-refractivity contribution < 1.29 is 26.4 Å². The number of rotatable bonds is 6. The molecule has 1 N–H and O–H groups in total. The van der Waals surface area contributed by atoms with Crippen molar-refractivity contribution in [2.75, 3.05) is 35.8 Å². The number of hydrogen-bond acceptors (Lipinski definition) is 7. The van der Waals surface area contributed by atoms with E-state index in [9.17, 15) is 26.4 Å². The van der Waals surface area contributed by atoms with E-state index in [0.717, 1.165) is 40.3 Å². The molecule has 8 nitrogen and oxygen atoms in total. The van der Waals surface area contributed by atoms with Gasteiger partial charge in [-0.15, -0.1) is 11.3 Å². The number of thiazole rings is 1. The summed E-state index contributed by atoms with van der Waals surface area (Å²) in [5.41, 5.74) is 1.30.